The Morgan fingerprint density at radius 1 is 1.14 bits per heavy atom. The maximum atomic E-state index is 13.4. The molecule has 1 heterocycles. The lowest BCUT2D eigenvalue weighted by atomic mass is 10.1. The number of carbonyl (C=O) groups excluding carboxylic acids is 3. The van der Waals surface area contributed by atoms with Gasteiger partial charge in [0, 0.05) is 5.69 Å². The van der Waals surface area contributed by atoms with Crippen LogP contribution >= 0.6 is 0 Å². The summed E-state index contributed by atoms with van der Waals surface area (Å²) in [7, 11) is 1.35. The molecule has 150 valence electrons. The highest BCUT2D eigenvalue weighted by Crippen LogP contribution is 2.22. The van der Waals surface area contributed by atoms with Crippen LogP contribution in [0.1, 0.15) is 56.3 Å². The Morgan fingerprint density at radius 2 is 1.82 bits per heavy atom. The van der Waals surface area contributed by atoms with Crippen molar-refractivity contribution >= 4 is 17.7 Å². The standard InChI is InChI=1S/C20H22FNO6/c1-10(2)28-19(24)17-11(3)18(22-12(17)4)20(25)27-9-15(23)14-8-13(21)6-7-16(14)26-5/h6-8,10,22H,9H2,1-5H3. The van der Waals surface area contributed by atoms with E-state index in [0.29, 0.717) is 11.3 Å². The molecule has 28 heavy (non-hydrogen) atoms. The van der Waals surface area contributed by atoms with Gasteiger partial charge in [0.05, 0.1) is 24.3 Å². The molecule has 0 fully saturated rings. The minimum Gasteiger partial charge on any atom is -0.496 e. The molecule has 0 spiro atoms. The van der Waals surface area contributed by atoms with Crippen molar-refractivity contribution in [1.82, 2.24) is 4.98 Å². The minimum atomic E-state index is -0.812. The Hall–Kier alpha value is -3.16. The monoisotopic (exact) mass is 391 g/mol. The second-order valence-corrected chi connectivity index (χ2v) is 6.42. The van der Waals surface area contributed by atoms with E-state index < -0.39 is 30.1 Å². The largest absolute Gasteiger partial charge is 0.496 e. The lowest BCUT2D eigenvalue weighted by Gasteiger charge is -2.09. The first-order chi connectivity index (χ1) is 13.1. The van der Waals surface area contributed by atoms with E-state index in [4.69, 9.17) is 14.2 Å². The van der Waals surface area contributed by atoms with Gasteiger partial charge in [-0.2, -0.15) is 0 Å². The molecule has 1 aromatic carbocycles. The zero-order chi connectivity index (χ0) is 21.0. The minimum absolute atomic E-state index is 0.0316. The maximum absolute atomic E-state index is 13.4. The number of ketones is 1. The molecule has 1 N–H and O–H groups in total. The Bertz CT molecular complexity index is 916. The van der Waals surface area contributed by atoms with E-state index in [1.54, 1.807) is 27.7 Å². The summed E-state index contributed by atoms with van der Waals surface area (Å²) < 4.78 is 28.6. The van der Waals surface area contributed by atoms with E-state index in [1.165, 1.54) is 13.2 Å². The van der Waals surface area contributed by atoms with Crippen molar-refractivity contribution in [1.29, 1.82) is 0 Å². The summed E-state index contributed by atoms with van der Waals surface area (Å²) in [6.45, 7) is 6.03. The van der Waals surface area contributed by atoms with Gasteiger partial charge in [0.1, 0.15) is 17.3 Å². The summed E-state index contributed by atoms with van der Waals surface area (Å²) in [6, 6.07) is 3.49. The molecule has 0 unspecified atom stereocenters. The molecule has 0 aliphatic rings. The van der Waals surface area contributed by atoms with Crippen LogP contribution in [-0.4, -0.2) is 42.5 Å². The van der Waals surface area contributed by atoms with E-state index in [0.717, 1.165) is 12.1 Å². The SMILES string of the molecule is COc1ccc(F)cc1C(=O)COC(=O)c1[nH]c(C)c(C(=O)OC(C)C)c1C. The third-order valence-corrected chi connectivity index (χ3v) is 3.98. The highest BCUT2D eigenvalue weighted by molar-refractivity contribution is 6.02. The van der Waals surface area contributed by atoms with Gasteiger partial charge in [0.15, 0.2) is 6.61 Å². The van der Waals surface area contributed by atoms with Crippen molar-refractivity contribution in [3.63, 3.8) is 0 Å². The molecule has 0 amide bonds. The fourth-order valence-corrected chi connectivity index (χ4v) is 2.71. The van der Waals surface area contributed by atoms with Crippen molar-refractivity contribution in [2.24, 2.45) is 0 Å². The van der Waals surface area contributed by atoms with Gasteiger partial charge in [-0.3, -0.25) is 4.79 Å². The smallest absolute Gasteiger partial charge is 0.355 e. The molecule has 0 atom stereocenters. The molecule has 2 rings (SSSR count). The number of aromatic nitrogens is 1. The summed E-state index contributed by atoms with van der Waals surface area (Å²) in [5.74, 6) is -2.42. The van der Waals surface area contributed by atoms with Crippen LogP contribution in [0.15, 0.2) is 18.2 Å². The van der Waals surface area contributed by atoms with Crippen LogP contribution in [-0.2, 0) is 9.47 Å². The summed E-state index contributed by atoms with van der Waals surface area (Å²) >= 11 is 0. The van der Waals surface area contributed by atoms with Crippen molar-refractivity contribution in [3.05, 3.63) is 52.1 Å². The Labute approximate surface area is 161 Å². The average Bonchev–Trinajstić information content (AvgIpc) is 2.93. The third kappa shape index (κ3) is 4.57. The molecule has 0 aliphatic carbocycles. The highest BCUT2D eigenvalue weighted by Gasteiger charge is 2.25. The molecule has 8 heteroatoms. The van der Waals surface area contributed by atoms with Crippen LogP contribution < -0.4 is 4.74 Å². The maximum Gasteiger partial charge on any atom is 0.355 e. The number of nitrogens with one attached hydrogen (secondary N) is 1. The summed E-state index contributed by atoms with van der Waals surface area (Å²) in [5.41, 5.74) is 1.08. The highest BCUT2D eigenvalue weighted by atomic mass is 19.1. The molecular formula is C20H22FNO6. The lowest BCUT2D eigenvalue weighted by molar-refractivity contribution is 0.0376. The number of ether oxygens (including phenoxy) is 3. The van der Waals surface area contributed by atoms with Gasteiger partial charge >= 0.3 is 11.9 Å². The van der Waals surface area contributed by atoms with Gasteiger partial charge in [0.25, 0.3) is 0 Å². The zero-order valence-electron chi connectivity index (χ0n) is 16.3. The molecular weight excluding hydrogens is 369 g/mol. The van der Waals surface area contributed by atoms with Gasteiger partial charge < -0.3 is 19.2 Å². The van der Waals surface area contributed by atoms with Crippen LogP contribution in [0.4, 0.5) is 4.39 Å². The van der Waals surface area contributed by atoms with E-state index >= 15 is 0 Å². The first kappa shape index (κ1) is 21.1. The molecule has 0 bridgehead atoms. The number of aryl methyl sites for hydroxylation is 1. The summed E-state index contributed by atoms with van der Waals surface area (Å²) in [5, 5.41) is 0. The molecule has 0 saturated heterocycles. The summed E-state index contributed by atoms with van der Waals surface area (Å²) in [6.07, 6.45) is -0.310. The second-order valence-electron chi connectivity index (χ2n) is 6.42. The Balaban J connectivity index is 2.15. The Morgan fingerprint density at radius 3 is 2.43 bits per heavy atom. The third-order valence-electron chi connectivity index (χ3n) is 3.98. The van der Waals surface area contributed by atoms with Crippen LogP contribution in [0.25, 0.3) is 0 Å². The number of aromatic amines is 1. The van der Waals surface area contributed by atoms with E-state index in [1.807, 2.05) is 0 Å². The van der Waals surface area contributed by atoms with Crippen LogP contribution in [0, 0.1) is 19.7 Å². The number of H-pyrrole nitrogens is 1. The normalized spacial score (nSPS) is 10.7. The predicted molar refractivity (Wildman–Crippen MR) is 98.4 cm³/mol. The average molecular weight is 391 g/mol. The fourth-order valence-electron chi connectivity index (χ4n) is 2.71. The van der Waals surface area contributed by atoms with Crippen molar-refractivity contribution < 1.29 is 33.0 Å². The number of esters is 2. The van der Waals surface area contributed by atoms with Gasteiger partial charge in [0.2, 0.25) is 5.78 Å². The molecule has 7 nitrogen and oxygen atoms in total. The number of benzene rings is 1. The number of hydrogen-bond acceptors (Lipinski definition) is 6. The topological polar surface area (TPSA) is 94.7 Å². The number of hydrogen-bond donors (Lipinski definition) is 1. The number of rotatable bonds is 7. The van der Waals surface area contributed by atoms with E-state index in [2.05, 4.69) is 4.98 Å². The summed E-state index contributed by atoms with van der Waals surface area (Å²) in [4.78, 5) is 39.6. The van der Waals surface area contributed by atoms with E-state index in [9.17, 15) is 18.8 Å². The quantitative estimate of drug-likeness (QED) is 0.574. The number of carbonyl (C=O) groups is 3. The van der Waals surface area contributed by atoms with Gasteiger partial charge in [-0.25, -0.2) is 14.0 Å². The lowest BCUT2D eigenvalue weighted by Crippen LogP contribution is -2.16. The second kappa shape index (κ2) is 8.69. The first-order valence-electron chi connectivity index (χ1n) is 8.59. The Kier molecular flexibility index (Phi) is 6.56. The molecule has 2 aromatic rings. The number of methoxy groups -OCH3 is 1. The van der Waals surface area contributed by atoms with Gasteiger partial charge in [-0.15, -0.1) is 0 Å². The van der Waals surface area contributed by atoms with E-state index in [-0.39, 0.29) is 28.7 Å². The van der Waals surface area contributed by atoms with Crippen LogP contribution in [0.2, 0.25) is 0 Å². The molecule has 1 aromatic heterocycles. The zero-order valence-corrected chi connectivity index (χ0v) is 16.3. The molecule has 0 aliphatic heterocycles. The van der Waals surface area contributed by atoms with Crippen LogP contribution in [0.5, 0.6) is 5.75 Å². The first-order valence-corrected chi connectivity index (χ1v) is 8.59. The van der Waals surface area contributed by atoms with Crippen LogP contribution in [0.3, 0.4) is 0 Å². The van der Waals surface area contributed by atoms with Crippen molar-refractivity contribution in [3.8, 4) is 5.75 Å². The van der Waals surface area contributed by atoms with Gasteiger partial charge in [-0.05, 0) is 51.5 Å². The van der Waals surface area contributed by atoms with Crippen molar-refractivity contribution in [2.45, 2.75) is 33.8 Å². The van der Waals surface area contributed by atoms with Gasteiger partial charge in [-0.1, -0.05) is 0 Å². The number of halogens is 1. The number of Topliss-reactive ketones (excluding diaryl/α,β-unsaturated/α-hetero) is 1. The molecule has 0 saturated carbocycles. The fraction of sp³-hybridized carbons (Fsp3) is 0.350. The van der Waals surface area contributed by atoms with Crippen molar-refractivity contribution in [2.75, 3.05) is 13.7 Å². The molecule has 0 radical (unpaired) electrons. The predicted octanol–water partition coefficient (Wildman–Crippen LogP) is 3.38.